The fraction of sp³-hybridized carbons (Fsp3) is 0.727. The molecule has 0 aromatic carbocycles. The summed E-state index contributed by atoms with van der Waals surface area (Å²) in [5.41, 5.74) is 1.38. The van der Waals surface area contributed by atoms with Gasteiger partial charge in [0.05, 0.1) is 0 Å². The first-order valence-electron chi connectivity index (χ1n) is 4.70. The number of hydrogen-bond donors (Lipinski definition) is 0. The molecule has 0 aliphatic heterocycles. The molecular formula is C11H18O. The zero-order valence-corrected chi connectivity index (χ0v) is 8.42. The third-order valence-electron chi connectivity index (χ3n) is 3.08. The van der Waals surface area contributed by atoms with Gasteiger partial charge in [0.2, 0.25) is 0 Å². The summed E-state index contributed by atoms with van der Waals surface area (Å²) in [4.78, 5) is 11.3. The topological polar surface area (TPSA) is 17.1 Å². The van der Waals surface area contributed by atoms with Crippen molar-refractivity contribution in [1.82, 2.24) is 0 Å². The number of allylic oxidation sites excluding steroid dienone is 2. The molecule has 0 aromatic rings. The van der Waals surface area contributed by atoms with Gasteiger partial charge in [0.25, 0.3) is 0 Å². The van der Waals surface area contributed by atoms with Gasteiger partial charge in [-0.3, -0.25) is 4.79 Å². The number of hydrogen-bond acceptors (Lipinski definition) is 1. The van der Waals surface area contributed by atoms with Gasteiger partial charge in [-0.05, 0) is 32.1 Å². The smallest absolute Gasteiger partial charge is 0.133 e. The first-order chi connectivity index (χ1) is 5.52. The Kier molecular flexibility index (Phi) is 2.71. The quantitative estimate of drug-likeness (QED) is 0.547. The third-order valence-corrected chi connectivity index (χ3v) is 3.08. The number of ketones is 1. The van der Waals surface area contributed by atoms with Gasteiger partial charge in [-0.15, -0.1) is 0 Å². The van der Waals surface area contributed by atoms with Gasteiger partial charge >= 0.3 is 0 Å². The maximum atomic E-state index is 11.3. The van der Waals surface area contributed by atoms with Crippen molar-refractivity contribution in [2.45, 2.75) is 34.1 Å². The molecule has 1 rings (SSSR count). The average molecular weight is 166 g/mol. The summed E-state index contributed by atoms with van der Waals surface area (Å²) in [5.74, 6) is 1.70. The van der Waals surface area contributed by atoms with Gasteiger partial charge < -0.3 is 0 Å². The second kappa shape index (κ2) is 3.42. The van der Waals surface area contributed by atoms with E-state index < -0.39 is 0 Å². The molecule has 0 heterocycles. The Morgan fingerprint density at radius 2 is 2.08 bits per heavy atom. The van der Waals surface area contributed by atoms with Crippen LogP contribution in [0.5, 0.6) is 0 Å². The molecular weight excluding hydrogens is 148 g/mol. The Balaban J connectivity index is 2.80. The molecule has 0 amide bonds. The van der Waals surface area contributed by atoms with Gasteiger partial charge in [0.1, 0.15) is 5.78 Å². The number of carbonyl (C=O) groups excluding carboxylic acids is 1. The van der Waals surface area contributed by atoms with Crippen molar-refractivity contribution < 1.29 is 4.79 Å². The molecule has 0 saturated carbocycles. The fourth-order valence-corrected chi connectivity index (χ4v) is 2.08. The summed E-state index contributed by atoms with van der Waals surface area (Å²) >= 11 is 0. The van der Waals surface area contributed by atoms with Crippen molar-refractivity contribution in [2.24, 2.45) is 17.8 Å². The van der Waals surface area contributed by atoms with E-state index in [4.69, 9.17) is 0 Å². The van der Waals surface area contributed by atoms with Gasteiger partial charge in [-0.25, -0.2) is 0 Å². The molecule has 0 bridgehead atoms. The molecule has 12 heavy (non-hydrogen) atoms. The highest BCUT2D eigenvalue weighted by Gasteiger charge is 2.28. The zero-order valence-electron chi connectivity index (χ0n) is 8.42. The minimum Gasteiger partial charge on any atom is -0.300 e. The summed E-state index contributed by atoms with van der Waals surface area (Å²) in [6.45, 7) is 8.22. The molecule has 0 aromatic heterocycles. The van der Waals surface area contributed by atoms with Crippen molar-refractivity contribution in [3.05, 3.63) is 11.6 Å². The van der Waals surface area contributed by atoms with Crippen molar-refractivity contribution in [3.8, 4) is 0 Å². The van der Waals surface area contributed by atoms with Crippen LogP contribution in [0.4, 0.5) is 0 Å². The molecule has 1 aliphatic carbocycles. The van der Waals surface area contributed by atoms with Crippen LogP contribution < -0.4 is 0 Å². The molecule has 0 fully saturated rings. The summed E-state index contributed by atoms with van der Waals surface area (Å²) in [7, 11) is 0. The summed E-state index contributed by atoms with van der Waals surface area (Å²) < 4.78 is 0. The van der Waals surface area contributed by atoms with Gasteiger partial charge in [-0.2, -0.15) is 0 Å². The molecule has 0 saturated heterocycles. The lowest BCUT2D eigenvalue weighted by Gasteiger charge is -2.30. The lowest BCUT2D eigenvalue weighted by Crippen LogP contribution is -2.27. The van der Waals surface area contributed by atoms with Crippen LogP contribution in [-0.4, -0.2) is 5.78 Å². The largest absolute Gasteiger partial charge is 0.300 e. The van der Waals surface area contributed by atoms with Gasteiger partial charge in [0.15, 0.2) is 0 Å². The Morgan fingerprint density at radius 1 is 1.50 bits per heavy atom. The standard InChI is InChI=1S/C11H18O/c1-7-5-8(2)9(3)11(6-7)10(4)12/h5,8-9,11H,6H2,1-4H3. The molecule has 68 valence electrons. The van der Waals surface area contributed by atoms with Crippen molar-refractivity contribution in [2.75, 3.05) is 0 Å². The zero-order chi connectivity index (χ0) is 9.30. The van der Waals surface area contributed by atoms with E-state index in [1.54, 1.807) is 6.92 Å². The number of rotatable bonds is 1. The van der Waals surface area contributed by atoms with Crippen LogP contribution in [-0.2, 0) is 4.79 Å². The highest BCUT2D eigenvalue weighted by Crippen LogP contribution is 2.33. The lowest BCUT2D eigenvalue weighted by atomic mass is 9.73. The maximum absolute atomic E-state index is 11.3. The van der Waals surface area contributed by atoms with Crippen LogP contribution in [0.3, 0.4) is 0 Å². The first kappa shape index (κ1) is 9.50. The molecule has 3 atom stereocenters. The van der Waals surface area contributed by atoms with E-state index in [-0.39, 0.29) is 5.92 Å². The summed E-state index contributed by atoms with van der Waals surface area (Å²) in [6.07, 6.45) is 3.27. The van der Waals surface area contributed by atoms with Crippen LogP contribution in [0.15, 0.2) is 11.6 Å². The number of Topliss-reactive ketones (excluding diaryl/α,β-unsaturated/α-hetero) is 1. The van der Waals surface area contributed by atoms with Gasteiger partial charge in [0, 0.05) is 5.92 Å². The molecule has 0 N–H and O–H groups in total. The highest BCUT2D eigenvalue weighted by molar-refractivity contribution is 5.79. The van der Waals surface area contributed by atoms with E-state index in [0.29, 0.717) is 17.6 Å². The van der Waals surface area contributed by atoms with E-state index >= 15 is 0 Å². The van der Waals surface area contributed by atoms with Crippen LogP contribution in [0.1, 0.15) is 34.1 Å². The van der Waals surface area contributed by atoms with E-state index in [9.17, 15) is 4.79 Å². The molecule has 3 unspecified atom stereocenters. The first-order valence-corrected chi connectivity index (χ1v) is 4.70. The highest BCUT2D eigenvalue weighted by atomic mass is 16.1. The second-order valence-corrected chi connectivity index (χ2v) is 4.15. The maximum Gasteiger partial charge on any atom is 0.133 e. The van der Waals surface area contributed by atoms with Crippen molar-refractivity contribution >= 4 is 5.78 Å². The molecule has 0 radical (unpaired) electrons. The molecule has 1 nitrogen and oxygen atoms in total. The van der Waals surface area contributed by atoms with E-state index in [0.717, 1.165) is 6.42 Å². The normalized spacial score (nSPS) is 36.0. The molecule has 0 spiro atoms. The predicted octanol–water partition coefficient (Wildman–Crippen LogP) is 2.81. The molecule has 1 heteroatoms. The van der Waals surface area contributed by atoms with E-state index in [2.05, 4.69) is 26.8 Å². The van der Waals surface area contributed by atoms with Gasteiger partial charge in [-0.1, -0.05) is 25.5 Å². The van der Waals surface area contributed by atoms with Crippen LogP contribution in [0.2, 0.25) is 0 Å². The van der Waals surface area contributed by atoms with Crippen molar-refractivity contribution in [1.29, 1.82) is 0 Å². The minimum absolute atomic E-state index is 0.269. The summed E-state index contributed by atoms with van der Waals surface area (Å²) in [5, 5.41) is 0. The third kappa shape index (κ3) is 1.77. The lowest BCUT2D eigenvalue weighted by molar-refractivity contribution is -0.122. The SMILES string of the molecule is CC(=O)C1CC(C)=CC(C)C1C. The number of carbonyl (C=O) groups is 1. The minimum atomic E-state index is 0.269. The van der Waals surface area contributed by atoms with E-state index in [1.807, 2.05) is 0 Å². The second-order valence-electron chi connectivity index (χ2n) is 4.15. The summed E-state index contributed by atoms with van der Waals surface area (Å²) in [6, 6.07) is 0. The average Bonchev–Trinajstić information content (AvgIpc) is 1.96. The van der Waals surface area contributed by atoms with E-state index in [1.165, 1.54) is 5.57 Å². The Bertz CT molecular complexity index is 215. The molecule has 1 aliphatic rings. The fourth-order valence-electron chi connectivity index (χ4n) is 2.08. The Morgan fingerprint density at radius 3 is 2.58 bits per heavy atom. The Hall–Kier alpha value is -0.590. The van der Waals surface area contributed by atoms with Crippen LogP contribution in [0, 0.1) is 17.8 Å². The van der Waals surface area contributed by atoms with Crippen LogP contribution in [0.25, 0.3) is 0 Å². The van der Waals surface area contributed by atoms with Crippen molar-refractivity contribution in [3.63, 3.8) is 0 Å². The predicted molar refractivity (Wildman–Crippen MR) is 50.9 cm³/mol. The van der Waals surface area contributed by atoms with Crippen LogP contribution >= 0.6 is 0 Å². The monoisotopic (exact) mass is 166 g/mol. The Labute approximate surface area is 74.9 Å².